The molecule has 0 aliphatic heterocycles. The molecule has 0 radical (unpaired) electrons. The molecule has 0 aromatic carbocycles. The van der Waals surface area contributed by atoms with Crippen LogP contribution in [0.3, 0.4) is 0 Å². The fraction of sp³-hybridized carbons (Fsp3) is 0.583. The summed E-state index contributed by atoms with van der Waals surface area (Å²) in [6.07, 6.45) is 7.05. The number of pyridine rings is 1. The van der Waals surface area contributed by atoms with Gasteiger partial charge in [0.15, 0.2) is 0 Å². The number of aromatic nitrogens is 1. The highest BCUT2D eigenvalue weighted by Crippen LogP contribution is 2.37. The fourth-order valence-corrected chi connectivity index (χ4v) is 2.47. The molecule has 1 aromatic rings. The summed E-state index contributed by atoms with van der Waals surface area (Å²) in [6.45, 7) is 2.67. The summed E-state index contributed by atoms with van der Waals surface area (Å²) >= 11 is 6.11. The second kappa shape index (κ2) is 4.84. The molecule has 0 saturated heterocycles. The lowest BCUT2D eigenvalue weighted by Gasteiger charge is -2.10. The first-order valence-electron chi connectivity index (χ1n) is 5.51. The molecule has 1 saturated carbocycles. The Morgan fingerprint density at radius 3 is 3.00 bits per heavy atom. The number of rotatable bonds is 3. The van der Waals surface area contributed by atoms with Gasteiger partial charge in [-0.05, 0) is 43.7 Å². The first-order valence-corrected chi connectivity index (χ1v) is 5.95. The Kier molecular flexibility index (Phi) is 3.47. The Bertz CT molecular complexity index is 329. The van der Waals surface area contributed by atoms with Crippen LogP contribution in [0.5, 0.6) is 5.75 Å². The minimum Gasteiger partial charge on any atom is -0.492 e. The minimum atomic E-state index is 0.339. The molecule has 0 spiro atoms. The van der Waals surface area contributed by atoms with Crippen molar-refractivity contribution in [2.24, 2.45) is 0 Å². The Balaban J connectivity index is 2.10. The maximum Gasteiger partial charge on any atom is 0.137 e. The monoisotopic (exact) mass is 225 g/mol. The average molecular weight is 226 g/mol. The summed E-state index contributed by atoms with van der Waals surface area (Å²) < 4.78 is 5.44. The van der Waals surface area contributed by atoms with E-state index in [2.05, 4.69) is 11.1 Å². The highest BCUT2D eigenvalue weighted by molar-refractivity contribution is 6.20. The molecule has 1 heterocycles. The number of hydrogen-bond acceptors (Lipinski definition) is 2. The van der Waals surface area contributed by atoms with Crippen molar-refractivity contribution in [1.29, 1.82) is 0 Å². The van der Waals surface area contributed by atoms with Gasteiger partial charge >= 0.3 is 0 Å². The summed E-state index contributed by atoms with van der Waals surface area (Å²) in [7, 11) is 0. The van der Waals surface area contributed by atoms with Crippen LogP contribution in [0.4, 0.5) is 0 Å². The molecule has 0 N–H and O–H groups in total. The largest absolute Gasteiger partial charge is 0.492 e. The van der Waals surface area contributed by atoms with Crippen molar-refractivity contribution in [1.82, 2.24) is 4.98 Å². The van der Waals surface area contributed by atoms with Gasteiger partial charge in [0, 0.05) is 11.6 Å². The molecule has 1 fully saturated rings. The van der Waals surface area contributed by atoms with Gasteiger partial charge in [-0.1, -0.05) is 0 Å². The van der Waals surface area contributed by atoms with Gasteiger partial charge in [0.05, 0.1) is 12.8 Å². The van der Waals surface area contributed by atoms with Crippen LogP contribution in [0.15, 0.2) is 18.5 Å². The van der Waals surface area contributed by atoms with E-state index in [1.165, 1.54) is 12.0 Å². The van der Waals surface area contributed by atoms with E-state index in [1.54, 1.807) is 6.20 Å². The van der Waals surface area contributed by atoms with Crippen molar-refractivity contribution in [3.8, 4) is 5.75 Å². The van der Waals surface area contributed by atoms with Gasteiger partial charge in [-0.3, -0.25) is 4.98 Å². The van der Waals surface area contributed by atoms with E-state index in [4.69, 9.17) is 16.3 Å². The Hall–Kier alpha value is -0.760. The van der Waals surface area contributed by atoms with Gasteiger partial charge in [-0.15, -0.1) is 11.6 Å². The third-order valence-corrected chi connectivity index (χ3v) is 3.28. The summed E-state index contributed by atoms with van der Waals surface area (Å²) in [5, 5.41) is 0.339. The highest BCUT2D eigenvalue weighted by atomic mass is 35.5. The maximum atomic E-state index is 6.11. The number of ether oxygens (including phenoxy) is 1. The van der Waals surface area contributed by atoms with Gasteiger partial charge < -0.3 is 4.74 Å². The van der Waals surface area contributed by atoms with Crippen molar-refractivity contribution in [2.75, 3.05) is 6.61 Å². The molecule has 2 atom stereocenters. The first-order chi connectivity index (χ1) is 7.29. The lowest BCUT2D eigenvalue weighted by atomic mass is 10.00. The van der Waals surface area contributed by atoms with Gasteiger partial charge in [0.1, 0.15) is 5.75 Å². The fourth-order valence-electron chi connectivity index (χ4n) is 2.13. The molecule has 3 heteroatoms. The van der Waals surface area contributed by atoms with E-state index in [9.17, 15) is 0 Å². The van der Waals surface area contributed by atoms with E-state index in [-0.39, 0.29) is 0 Å². The van der Waals surface area contributed by atoms with Crippen LogP contribution in [-0.4, -0.2) is 17.0 Å². The third-order valence-electron chi connectivity index (χ3n) is 2.89. The van der Waals surface area contributed by atoms with Crippen molar-refractivity contribution < 1.29 is 4.74 Å². The zero-order valence-electron chi connectivity index (χ0n) is 8.95. The molecule has 1 aliphatic rings. The Morgan fingerprint density at radius 1 is 1.47 bits per heavy atom. The lowest BCUT2D eigenvalue weighted by Crippen LogP contribution is -1.98. The van der Waals surface area contributed by atoms with Crippen molar-refractivity contribution in [3.05, 3.63) is 24.0 Å². The molecular weight excluding hydrogens is 210 g/mol. The van der Waals surface area contributed by atoms with Gasteiger partial charge in [-0.25, -0.2) is 0 Å². The first kappa shape index (κ1) is 10.7. The summed E-state index contributed by atoms with van der Waals surface area (Å²) in [5.41, 5.74) is 1.27. The maximum absolute atomic E-state index is 6.11. The van der Waals surface area contributed by atoms with Gasteiger partial charge in [0.2, 0.25) is 0 Å². The second-order valence-electron chi connectivity index (χ2n) is 3.99. The number of nitrogens with zero attached hydrogens (tertiary/aromatic N) is 1. The third kappa shape index (κ3) is 2.63. The van der Waals surface area contributed by atoms with Crippen molar-refractivity contribution in [2.45, 2.75) is 37.5 Å². The summed E-state index contributed by atoms with van der Waals surface area (Å²) in [6, 6.07) is 2.09. The number of alkyl halides is 1. The average Bonchev–Trinajstić information content (AvgIpc) is 2.66. The second-order valence-corrected chi connectivity index (χ2v) is 4.61. The van der Waals surface area contributed by atoms with E-state index in [0.717, 1.165) is 18.6 Å². The normalized spacial score (nSPS) is 25.5. The summed E-state index contributed by atoms with van der Waals surface area (Å²) in [4.78, 5) is 4.20. The Morgan fingerprint density at radius 2 is 2.33 bits per heavy atom. The van der Waals surface area contributed by atoms with Crippen molar-refractivity contribution in [3.63, 3.8) is 0 Å². The highest BCUT2D eigenvalue weighted by Gasteiger charge is 2.24. The molecular formula is C12H16ClNO. The molecule has 2 unspecified atom stereocenters. The molecule has 1 aromatic heterocycles. The quantitative estimate of drug-likeness (QED) is 0.736. The minimum absolute atomic E-state index is 0.339. The lowest BCUT2D eigenvalue weighted by molar-refractivity contribution is 0.338. The zero-order chi connectivity index (χ0) is 10.7. The predicted molar refractivity (Wildman–Crippen MR) is 61.6 cm³/mol. The standard InChI is InChI=1S/C12H16ClNO/c1-2-15-12-6-10(7-14-8-12)9-3-4-11(13)5-9/h6-9,11H,2-5H2,1H3. The van der Waals surface area contributed by atoms with Gasteiger partial charge in [0.25, 0.3) is 0 Å². The van der Waals surface area contributed by atoms with E-state index >= 15 is 0 Å². The molecule has 0 bridgehead atoms. The van der Waals surface area contributed by atoms with Crippen LogP contribution in [0, 0.1) is 0 Å². The summed E-state index contributed by atoms with van der Waals surface area (Å²) in [5.74, 6) is 1.44. The van der Waals surface area contributed by atoms with E-state index in [1.807, 2.05) is 13.1 Å². The van der Waals surface area contributed by atoms with Crippen LogP contribution in [-0.2, 0) is 0 Å². The van der Waals surface area contributed by atoms with Crippen LogP contribution in [0.25, 0.3) is 0 Å². The topological polar surface area (TPSA) is 22.1 Å². The van der Waals surface area contributed by atoms with E-state index in [0.29, 0.717) is 17.9 Å². The van der Waals surface area contributed by atoms with Crippen LogP contribution in [0.2, 0.25) is 0 Å². The zero-order valence-corrected chi connectivity index (χ0v) is 9.70. The smallest absolute Gasteiger partial charge is 0.137 e. The van der Waals surface area contributed by atoms with Crippen LogP contribution in [0.1, 0.15) is 37.7 Å². The van der Waals surface area contributed by atoms with Crippen molar-refractivity contribution >= 4 is 11.6 Å². The van der Waals surface area contributed by atoms with E-state index < -0.39 is 0 Å². The predicted octanol–water partition coefficient (Wildman–Crippen LogP) is 3.36. The van der Waals surface area contributed by atoms with Crippen LogP contribution < -0.4 is 4.74 Å². The molecule has 0 amide bonds. The SMILES string of the molecule is CCOc1cncc(C2CCC(Cl)C2)c1. The molecule has 2 nitrogen and oxygen atoms in total. The molecule has 1 aliphatic carbocycles. The van der Waals surface area contributed by atoms with Crippen LogP contribution >= 0.6 is 11.6 Å². The van der Waals surface area contributed by atoms with Gasteiger partial charge in [-0.2, -0.15) is 0 Å². The Labute approximate surface area is 95.6 Å². The number of hydrogen-bond donors (Lipinski definition) is 0. The number of halogens is 1. The molecule has 2 rings (SSSR count). The molecule has 82 valence electrons. The molecule has 15 heavy (non-hydrogen) atoms.